The molecule has 1 amide bonds. The van der Waals surface area contributed by atoms with E-state index in [1.165, 1.54) is 30.6 Å². The quantitative estimate of drug-likeness (QED) is 0.251. The maximum atomic E-state index is 14.0. The van der Waals surface area contributed by atoms with E-state index in [1.54, 1.807) is 11.8 Å². The average molecular weight is 606 g/mol. The summed E-state index contributed by atoms with van der Waals surface area (Å²) in [4.78, 5) is 42.0. The highest BCUT2D eigenvalue weighted by atomic mass is 32.1. The van der Waals surface area contributed by atoms with Crippen LogP contribution in [0.15, 0.2) is 60.7 Å². The van der Waals surface area contributed by atoms with E-state index >= 15 is 0 Å². The summed E-state index contributed by atoms with van der Waals surface area (Å²) in [5.41, 5.74) is 3.04. The van der Waals surface area contributed by atoms with E-state index in [0.29, 0.717) is 29.0 Å². The third-order valence-corrected chi connectivity index (χ3v) is 8.24. The van der Waals surface area contributed by atoms with Gasteiger partial charge >= 0.3 is 5.97 Å². The smallest absolute Gasteiger partial charge is 0.341 e. The number of ether oxygens (including phenoxy) is 1. The van der Waals surface area contributed by atoms with Gasteiger partial charge in [0.15, 0.2) is 0 Å². The highest BCUT2D eigenvalue weighted by Crippen LogP contribution is 2.42. The van der Waals surface area contributed by atoms with Crippen molar-refractivity contribution in [2.45, 2.75) is 112 Å². The van der Waals surface area contributed by atoms with Gasteiger partial charge in [0.2, 0.25) is 0 Å². The molecule has 5 rings (SSSR count). The largest absolute Gasteiger partial charge is 0.459 e. The van der Waals surface area contributed by atoms with Crippen LogP contribution in [0.5, 0.6) is 0 Å². The van der Waals surface area contributed by atoms with Crippen molar-refractivity contribution in [2.24, 2.45) is 5.92 Å². The lowest BCUT2D eigenvalue weighted by Gasteiger charge is -2.36. The lowest BCUT2D eigenvalue weighted by atomic mass is 9.83. The lowest BCUT2D eigenvalue weighted by molar-refractivity contribution is -0.121. The molecule has 0 aliphatic heterocycles. The predicted octanol–water partition coefficient (Wildman–Crippen LogP) is 10.3. The van der Waals surface area contributed by atoms with Gasteiger partial charge in [0.25, 0.3) is 5.91 Å². The van der Waals surface area contributed by atoms with Gasteiger partial charge in [0.1, 0.15) is 10.8 Å². The molecule has 234 valence electrons. The number of aryl methyl sites for hydroxylation is 1. The topological polar surface area (TPSA) is 63.7 Å². The number of esters is 1. The molecule has 0 unspecified atom stereocenters. The summed E-state index contributed by atoms with van der Waals surface area (Å²) in [5.74, 6) is -0.335. The highest BCUT2D eigenvalue weighted by Gasteiger charge is 2.35. The molecule has 2 aliphatic carbocycles. The van der Waals surface area contributed by atoms with Crippen molar-refractivity contribution in [3.8, 4) is 10.4 Å². The van der Waals surface area contributed by atoms with Gasteiger partial charge < -0.3 is 4.74 Å². The van der Waals surface area contributed by atoms with Gasteiger partial charge in [-0.05, 0) is 77.1 Å². The lowest BCUT2D eigenvalue weighted by Crippen LogP contribution is -2.43. The summed E-state index contributed by atoms with van der Waals surface area (Å²) < 4.78 is 5.60. The first-order valence-corrected chi connectivity index (χ1v) is 16.9. The van der Waals surface area contributed by atoms with Crippen molar-refractivity contribution in [3.63, 3.8) is 0 Å². The SMILES string of the molecule is C1CC1.CC.CC.CC(=O)C1CCC(N(C(=O)c2ccc(C)cc2)c2sc(-c3ccccc3)cc2C(=O)OC(C)C)CC1. The third kappa shape index (κ3) is 10.8. The summed E-state index contributed by atoms with van der Waals surface area (Å²) in [7, 11) is 0. The zero-order valence-electron chi connectivity index (χ0n) is 27.4. The Kier molecular flexibility index (Phi) is 15.4. The van der Waals surface area contributed by atoms with Crippen LogP contribution >= 0.6 is 11.3 Å². The molecular weight excluding hydrogens is 554 g/mol. The number of anilines is 1. The molecule has 0 atom stereocenters. The minimum Gasteiger partial charge on any atom is -0.459 e. The fourth-order valence-corrected chi connectivity index (χ4v) is 5.95. The maximum Gasteiger partial charge on any atom is 0.341 e. The number of ketones is 1. The Morgan fingerprint density at radius 1 is 0.837 bits per heavy atom. The second-order valence-electron chi connectivity index (χ2n) is 10.9. The molecule has 43 heavy (non-hydrogen) atoms. The zero-order chi connectivity index (χ0) is 31.9. The molecular formula is C37H51NO4S. The summed E-state index contributed by atoms with van der Waals surface area (Å²) in [6, 6.07) is 19.1. The Hall–Kier alpha value is -3.25. The second-order valence-corrected chi connectivity index (χ2v) is 11.9. The normalized spacial score (nSPS) is 16.7. The van der Waals surface area contributed by atoms with Crippen molar-refractivity contribution in [2.75, 3.05) is 4.90 Å². The predicted molar refractivity (Wildman–Crippen MR) is 181 cm³/mol. The minimum atomic E-state index is -0.433. The summed E-state index contributed by atoms with van der Waals surface area (Å²) in [6.07, 6.45) is 7.11. The maximum absolute atomic E-state index is 14.0. The molecule has 2 aliphatic rings. The number of amides is 1. The van der Waals surface area contributed by atoms with E-state index in [1.807, 2.05) is 109 Å². The molecule has 1 aromatic heterocycles. The Morgan fingerprint density at radius 2 is 1.40 bits per heavy atom. The Labute approximate surface area is 263 Å². The number of thiophene rings is 1. The molecule has 2 fully saturated rings. The average Bonchev–Trinajstić information content (AvgIpc) is 3.85. The first kappa shape index (κ1) is 35.9. The van der Waals surface area contributed by atoms with Gasteiger partial charge in [-0.3, -0.25) is 14.5 Å². The first-order valence-electron chi connectivity index (χ1n) is 16.1. The highest BCUT2D eigenvalue weighted by molar-refractivity contribution is 7.20. The van der Waals surface area contributed by atoms with E-state index in [9.17, 15) is 14.4 Å². The fraction of sp³-hybridized carbons (Fsp3) is 0.486. The summed E-state index contributed by atoms with van der Waals surface area (Å²) in [5, 5.41) is 0.608. The number of carbonyl (C=O) groups is 3. The Morgan fingerprint density at radius 3 is 1.88 bits per heavy atom. The van der Waals surface area contributed by atoms with Gasteiger partial charge in [-0.15, -0.1) is 11.3 Å². The molecule has 0 saturated heterocycles. The third-order valence-electron chi connectivity index (χ3n) is 7.06. The molecule has 5 nitrogen and oxygen atoms in total. The van der Waals surface area contributed by atoms with Crippen LogP contribution in [-0.4, -0.2) is 29.8 Å². The van der Waals surface area contributed by atoms with Gasteiger partial charge in [0.05, 0.1) is 11.7 Å². The molecule has 2 aromatic carbocycles. The van der Waals surface area contributed by atoms with Crippen LogP contribution in [0.1, 0.15) is 120 Å². The van der Waals surface area contributed by atoms with Crippen LogP contribution in [-0.2, 0) is 9.53 Å². The van der Waals surface area contributed by atoms with Crippen molar-refractivity contribution >= 4 is 34.0 Å². The van der Waals surface area contributed by atoms with Crippen LogP contribution in [0.25, 0.3) is 10.4 Å². The Bertz CT molecular complexity index is 1270. The van der Waals surface area contributed by atoms with Crippen LogP contribution in [0.3, 0.4) is 0 Å². The minimum absolute atomic E-state index is 0.0335. The van der Waals surface area contributed by atoms with Crippen molar-refractivity contribution < 1.29 is 19.1 Å². The van der Waals surface area contributed by atoms with E-state index in [4.69, 9.17) is 4.74 Å². The van der Waals surface area contributed by atoms with Crippen LogP contribution in [0.4, 0.5) is 5.00 Å². The number of hydrogen-bond donors (Lipinski definition) is 0. The number of Topliss-reactive ketones (excluding diaryl/α,β-unsaturated/α-hetero) is 1. The van der Waals surface area contributed by atoms with Gasteiger partial charge in [-0.1, -0.05) is 95.0 Å². The van der Waals surface area contributed by atoms with E-state index in [0.717, 1.165) is 28.8 Å². The molecule has 0 N–H and O–H groups in total. The van der Waals surface area contributed by atoms with Crippen molar-refractivity contribution in [1.82, 2.24) is 0 Å². The van der Waals surface area contributed by atoms with Gasteiger partial charge in [-0.2, -0.15) is 0 Å². The van der Waals surface area contributed by atoms with Gasteiger partial charge in [-0.25, -0.2) is 4.79 Å². The molecule has 6 heteroatoms. The second kappa shape index (κ2) is 18.4. The van der Waals surface area contributed by atoms with Crippen LogP contribution in [0, 0.1) is 12.8 Å². The fourth-order valence-electron chi connectivity index (χ4n) is 4.73. The van der Waals surface area contributed by atoms with E-state index in [2.05, 4.69) is 0 Å². The molecule has 3 aromatic rings. The van der Waals surface area contributed by atoms with Gasteiger partial charge in [0, 0.05) is 22.4 Å². The number of carbonyl (C=O) groups excluding carboxylic acids is 3. The zero-order valence-corrected chi connectivity index (χ0v) is 28.3. The number of hydrogen-bond acceptors (Lipinski definition) is 5. The van der Waals surface area contributed by atoms with Crippen molar-refractivity contribution in [1.29, 1.82) is 0 Å². The molecule has 0 bridgehead atoms. The molecule has 2 saturated carbocycles. The van der Waals surface area contributed by atoms with E-state index < -0.39 is 5.97 Å². The Balaban J connectivity index is 0.000000835. The monoisotopic (exact) mass is 605 g/mol. The number of rotatable bonds is 7. The first-order chi connectivity index (χ1) is 20.7. The van der Waals surface area contributed by atoms with Crippen LogP contribution in [0.2, 0.25) is 0 Å². The van der Waals surface area contributed by atoms with E-state index in [-0.39, 0.29) is 29.8 Å². The molecule has 0 radical (unpaired) electrons. The number of benzene rings is 2. The van der Waals surface area contributed by atoms with Crippen LogP contribution < -0.4 is 4.90 Å². The standard InChI is InChI=1S/C30H33NO4S.C3H6.2C2H6/c1-19(2)35-30(34)26-18-27(23-8-6-5-7-9-23)36-29(26)31(25-16-14-22(15-17-25)21(4)32)28(33)24-12-10-20(3)11-13-24;1-2-3-1;2*1-2/h5-13,18-19,22,25H,14-17H2,1-4H3;1-3H2;2*1-2H3. The molecule has 1 heterocycles. The van der Waals surface area contributed by atoms with Crippen molar-refractivity contribution in [3.05, 3.63) is 77.4 Å². The summed E-state index contributed by atoms with van der Waals surface area (Å²) in [6.45, 7) is 15.3. The number of nitrogens with zero attached hydrogens (tertiary/aromatic N) is 1. The molecule has 0 spiro atoms. The summed E-state index contributed by atoms with van der Waals surface area (Å²) >= 11 is 1.44.